The molecule has 2 aliphatic carbocycles. The second kappa shape index (κ2) is 17.7. The van der Waals surface area contributed by atoms with Gasteiger partial charge >= 0.3 is 0 Å². The quantitative estimate of drug-likeness (QED) is 0.154. The van der Waals surface area contributed by atoms with Crippen LogP contribution in [-0.2, 0) is 5.41 Å². The molecular formula is C79H50BN3. The number of aromatic nitrogens is 1. The summed E-state index contributed by atoms with van der Waals surface area (Å²) in [7, 11) is 0. The molecule has 4 aliphatic rings. The van der Waals surface area contributed by atoms with Crippen LogP contribution in [0.25, 0.3) is 83.1 Å². The monoisotopic (exact) mass is 1050 g/mol. The van der Waals surface area contributed by atoms with Gasteiger partial charge in [0, 0.05) is 44.8 Å². The molecule has 1 spiro atoms. The van der Waals surface area contributed by atoms with E-state index in [9.17, 15) is 0 Å². The number of benzene rings is 13. The van der Waals surface area contributed by atoms with Crippen molar-refractivity contribution in [2.24, 2.45) is 0 Å². The Hall–Kier alpha value is -10.7. The summed E-state index contributed by atoms with van der Waals surface area (Å²) >= 11 is 0. The Morgan fingerprint density at radius 3 is 1.22 bits per heavy atom. The van der Waals surface area contributed by atoms with Crippen LogP contribution in [0.3, 0.4) is 0 Å². The summed E-state index contributed by atoms with van der Waals surface area (Å²) in [4.78, 5) is 5.27. The van der Waals surface area contributed by atoms with E-state index >= 15 is 0 Å². The lowest BCUT2D eigenvalue weighted by atomic mass is 9.33. The smallest absolute Gasteiger partial charge is 0.252 e. The molecule has 0 fully saturated rings. The Morgan fingerprint density at radius 2 is 0.675 bits per heavy atom. The molecule has 0 bridgehead atoms. The zero-order valence-corrected chi connectivity index (χ0v) is 45.3. The first-order valence-corrected chi connectivity index (χ1v) is 28.9. The van der Waals surface area contributed by atoms with Crippen LogP contribution in [0.15, 0.2) is 303 Å². The van der Waals surface area contributed by atoms with Crippen molar-refractivity contribution >= 4 is 79.0 Å². The molecule has 0 radical (unpaired) electrons. The van der Waals surface area contributed by atoms with Crippen LogP contribution in [0.4, 0.5) is 34.1 Å². The summed E-state index contributed by atoms with van der Waals surface area (Å²) in [6.07, 6.45) is 0. The average Bonchev–Trinajstić information content (AvgIpc) is 2.09. The Kier molecular flexibility index (Phi) is 9.81. The van der Waals surface area contributed by atoms with Gasteiger partial charge in [-0.05, 0) is 143 Å². The molecular weight excluding hydrogens is 1000 g/mol. The van der Waals surface area contributed by atoms with Crippen molar-refractivity contribution in [3.05, 3.63) is 326 Å². The number of anilines is 6. The molecule has 3 nitrogen and oxygen atoms in total. The molecule has 0 N–H and O–H groups in total. The van der Waals surface area contributed by atoms with Gasteiger partial charge in [0.05, 0.1) is 27.8 Å². The molecule has 0 amide bonds. The second-order valence-electron chi connectivity index (χ2n) is 22.6. The standard InChI is InChI=1S/C79H50BN3/c1-4-21-51(22-5-1)54-39-43-57(44-40-54)81-72-45-41-55(52-23-6-2-7-24-52)47-68(72)80-69-48-56(53-25-8-3-9-26-53)42-46-73(69)83(76-50-58(49-75(81)78(76)80)82-70-36-18-13-30-62(70)63-31-14-19-37-71(63)82)74-38-20-32-64-61-29-12-17-35-67(61)79(77(64)74)65-33-15-10-27-59(65)60-28-11-16-34-66(60)79/h1-50H. The highest BCUT2D eigenvalue weighted by atomic mass is 15.2. The molecule has 13 aromatic carbocycles. The van der Waals surface area contributed by atoms with Crippen molar-refractivity contribution in [1.82, 2.24) is 4.57 Å². The minimum Gasteiger partial charge on any atom is -0.311 e. The van der Waals surface area contributed by atoms with Crippen LogP contribution in [0.1, 0.15) is 22.3 Å². The van der Waals surface area contributed by atoms with Crippen molar-refractivity contribution in [3.8, 4) is 61.3 Å². The highest BCUT2D eigenvalue weighted by Crippen LogP contribution is 2.65. The summed E-state index contributed by atoms with van der Waals surface area (Å²) in [6, 6.07) is 114. The SMILES string of the molecule is c1ccc(-c2ccc(N3c4ccc(-c5ccccc5)cc4B4c5cc(-c6ccccc6)ccc5N(c5cccc6c5C5(c7ccccc7-c7ccccc75)c5ccccc5-6)c5cc(-n6c7ccccc7c7ccccc76)cc3c54)cc2)cc1. The number of hydrogen-bond acceptors (Lipinski definition) is 2. The van der Waals surface area contributed by atoms with Gasteiger partial charge < -0.3 is 14.4 Å². The van der Waals surface area contributed by atoms with Gasteiger partial charge in [-0.25, -0.2) is 0 Å². The molecule has 3 heterocycles. The summed E-state index contributed by atoms with van der Waals surface area (Å²) in [5.74, 6) is 0. The van der Waals surface area contributed by atoms with Gasteiger partial charge in [-0.3, -0.25) is 0 Å². The Bertz CT molecular complexity index is 4870. The van der Waals surface area contributed by atoms with E-state index in [4.69, 9.17) is 0 Å². The number of rotatable bonds is 6. The van der Waals surface area contributed by atoms with E-state index in [0.29, 0.717) is 0 Å². The maximum Gasteiger partial charge on any atom is 0.252 e. The Morgan fingerprint density at radius 1 is 0.265 bits per heavy atom. The maximum absolute atomic E-state index is 2.69. The molecule has 0 saturated carbocycles. The minimum atomic E-state index is -0.606. The number of hydrogen-bond donors (Lipinski definition) is 0. The zero-order chi connectivity index (χ0) is 54.3. The first-order valence-electron chi connectivity index (χ1n) is 28.9. The molecule has 0 atom stereocenters. The van der Waals surface area contributed by atoms with Crippen molar-refractivity contribution in [1.29, 1.82) is 0 Å². The van der Waals surface area contributed by atoms with Gasteiger partial charge in [-0.2, -0.15) is 0 Å². The van der Waals surface area contributed by atoms with Crippen LogP contribution >= 0.6 is 0 Å². The molecule has 18 rings (SSSR count). The third kappa shape index (κ3) is 6.46. The lowest BCUT2D eigenvalue weighted by molar-refractivity contribution is 0.793. The molecule has 83 heavy (non-hydrogen) atoms. The topological polar surface area (TPSA) is 11.4 Å². The molecule has 0 saturated heterocycles. The fraction of sp³-hybridized carbons (Fsp3) is 0.0127. The third-order valence-corrected chi connectivity index (χ3v) is 18.6. The van der Waals surface area contributed by atoms with E-state index in [2.05, 4.69) is 318 Å². The lowest BCUT2D eigenvalue weighted by Crippen LogP contribution is -2.61. The average molecular weight is 1050 g/mol. The molecule has 0 unspecified atom stereocenters. The van der Waals surface area contributed by atoms with Crippen molar-refractivity contribution in [2.75, 3.05) is 9.80 Å². The zero-order valence-electron chi connectivity index (χ0n) is 45.3. The fourth-order valence-electron chi connectivity index (χ4n) is 15.2. The van der Waals surface area contributed by atoms with E-state index in [-0.39, 0.29) is 6.71 Å². The highest BCUT2D eigenvalue weighted by molar-refractivity contribution is 7.00. The predicted molar refractivity (Wildman–Crippen MR) is 347 cm³/mol. The van der Waals surface area contributed by atoms with Crippen LogP contribution in [0, 0.1) is 0 Å². The fourth-order valence-corrected chi connectivity index (χ4v) is 15.2. The summed E-state index contributed by atoms with van der Waals surface area (Å²) in [5.41, 5.74) is 31.1. The van der Waals surface area contributed by atoms with Crippen molar-refractivity contribution in [2.45, 2.75) is 5.41 Å². The van der Waals surface area contributed by atoms with Crippen molar-refractivity contribution < 1.29 is 0 Å². The number of nitrogens with zero attached hydrogens (tertiary/aromatic N) is 3. The molecule has 14 aromatic rings. The van der Waals surface area contributed by atoms with Gasteiger partial charge in [-0.15, -0.1) is 0 Å². The van der Waals surface area contributed by atoms with Crippen molar-refractivity contribution in [3.63, 3.8) is 0 Å². The van der Waals surface area contributed by atoms with E-state index in [1.165, 1.54) is 133 Å². The van der Waals surface area contributed by atoms with Crippen LogP contribution < -0.4 is 26.2 Å². The number of para-hydroxylation sites is 2. The normalized spacial score (nSPS) is 13.6. The van der Waals surface area contributed by atoms with Gasteiger partial charge in [0.25, 0.3) is 6.71 Å². The largest absolute Gasteiger partial charge is 0.311 e. The van der Waals surface area contributed by atoms with Crippen LogP contribution in [0.2, 0.25) is 0 Å². The lowest BCUT2D eigenvalue weighted by Gasteiger charge is -2.45. The predicted octanol–water partition coefficient (Wildman–Crippen LogP) is 18.2. The van der Waals surface area contributed by atoms with E-state index < -0.39 is 5.41 Å². The third-order valence-electron chi connectivity index (χ3n) is 18.6. The van der Waals surface area contributed by atoms with E-state index in [1.807, 2.05) is 0 Å². The van der Waals surface area contributed by atoms with Gasteiger partial charge in [0.15, 0.2) is 0 Å². The molecule has 2 aliphatic heterocycles. The second-order valence-corrected chi connectivity index (χ2v) is 22.6. The highest BCUT2D eigenvalue weighted by Gasteiger charge is 2.54. The molecule has 384 valence electrons. The number of fused-ring (bicyclic) bond motifs is 17. The van der Waals surface area contributed by atoms with Gasteiger partial charge in [0.2, 0.25) is 0 Å². The van der Waals surface area contributed by atoms with E-state index in [0.717, 1.165) is 22.7 Å². The van der Waals surface area contributed by atoms with Crippen LogP contribution in [-0.4, -0.2) is 11.3 Å². The first-order chi connectivity index (χ1) is 41.2. The summed E-state index contributed by atoms with van der Waals surface area (Å²) < 4.78 is 2.52. The van der Waals surface area contributed by atoms with E-state index in [1.54, 1.807) is 0 Å². The van der Waals surface area contributed by atoms with Gasteiger partial charge in [0.1, 0.15) is 0 Å². The first kappa shape index (κ1) is 46.1. The molecule has 1 aromatic heterocycles. The molecule has 4 heteroatoms. The Balaban J connectivity index is 0.999. The minimum absolute atomic E-state index is 0.156. The maximum atomic E-state index is 2.69. The summed E-state index contributed by atoms with van der Waals surface area (Å²) in [6.45, 7) is -0.156. The van der Waals surface area contributed by atoms with Gasteiger partial charge in [-0.1, -0.05) is 249 Å². The summed E-state index contributed by atoms with van der Waals surface area (Å²) in [5, 5.41) is 2.46. The Labute approximate surface area is 483 Å². The van der Waals surface area contributed by atoms with Crippen LogP contribution in [0.5, 0.6) is 0 Å².